The number of carbonyl (C=O) groups excluding carboxylic acids is 1. The second kappa shape index (κ2) is 12.9. The molecule has 39 heavy (non-hydrogen) atoms. The largest absolute Gasteiger partial charge is 0.375 e. The average molecular weight is 534 g/mol. The highest BCUT2D eigenvalue weighted by atomic mass is 16.5. The van der Waals surface area contributed by atoms with E-state index in [1.807, 2.05) is 0 Å². The molecule has 1 aromatic carbocycles. The number of nitrogens with zero attached hydrogens (tertiary/aromatic N) is 1. The first kappa shape index (κ1) is 29.6. The minimum Gasteiger partial charge on any atom is -0.375 e. The lowest BCUT2D eigenvalue weighted by molar-refractivity contribution is -0.135. The molecule has 4 rings (SSSR count). The Morgan fingerprint density at radius 1 is 1.15 bits per heavy atom. The molecule has 3 aliphatic rings. The van der Waals surface area contributed by atoms with Gasteiger partial charge in [0.15, 0.2) is 0 Å². The van der Waals surface area contributed by atoms with Crippen molar-refractivity contribution in [1.82, 2.24) is 15.5 Å². The van der Waals surface area contributed by atoms with Crippen LogP contribution in [0.25, 0.3) is 5.57 Å². The number of hydrogen-bond acceptors (Lipinski definition) is 4. The number of likely N-dealkylation sites (tertiary alicyclic amines) is 1. The third-order valence-corrected chi connectivity index (χ3v) is 9.06. The maximum atomic E-state index is 12.6. The van der Waals surface area contributed by atoms with Gasteiger partial charge in [0.1, 0.15) is 6.10 Å². The van der Waals surface area contributed by atoms with Gasteiger partial charge in [-0.1, -0.05) is 78.0 Å². The molecule has 5 heteroatoms. The molecular weight excluding hydrogens is 482 g/mol. The van der Waals surface area contributed by atoms with E-state index in [0.29, 0.717) is 13.2 Å². The van der Waals surface area contributed by atoms with Crippen LogP contribution in [0.2, 0.25) is 0 Å². The molecule has 0 aromatic heterocycles. The van der Waals surface area contributed by atoms with Crippen molar-refractivity contribution in [2.75, 3.05) is 32.8 Å². The normalized spacial score (nSPS) is 23.5. The predicted octanol–water partition coefficient (Wildman–Crippen LogP) is 6.25. The molecule has 2 N–H and O–H groups in total. The first-order valence-electron chi connectivity index (χ1n) is 15.2. The van der Waals surface area contributed by atoms with Gasteiger partial charge in [-0.3, -0.25) is 4.79 Å². The fourth-order valence-corrected chi connectivity index (χ4v) is 6.20. The van der Waals surface area contributed by atoms with Crippen molar-refractivity contribution in [2.24, 2.45) is 0 Å². The summed E-state index contributed by atoms with van der Waals surface area (Å²) in [6.45, 7) is 20.1. The Kier molecular flexibility index (Phi) is 9.77. The highest BCUT2D eigenvalue weighted by molar-refractivity contribution is 5.81. The van der Waals surface area contributed by atoms with Crippen molar-refractivity contribution in [3.63, 3.8) is 0 Å². The van der Waals surface area contributed by atoms with E-state index in [0.717, 1.165) is 44.5 Å². The van der Waals surface area contributed by atoms with E-state index >= 15 is 0 Å². The molecule has 1 amide bonds. The minimum atomic E-state index is -0.359. The SMILES string of the molecule is C=C(C=CC=C(CCCC)N1CCC(NC(=O)C2CNCCO2)CC1)c1ccc2c(c1)C(C)(C)CCC2(C)C. The summed E-state index contributed by atoms with van der Waals surface area (Å²) in [6, 6.07) is 7.20. The lowest BCUT2D eigenvalue weighted by atomic mass is 9.63. The Morgan fingerprint density at radius 2 is 1.87 bits per heavy atom. The number of nitrogens with one attached hydrogen (secondary N) is 2. The molecule has 1 aromatic rings. The number of ether oxygens (including phenoxy) is 1. The summed E-state index contributed by atoms with van der Waals surface area (Å²) in [5.74, 6) is 0.0259. The van der Waals surface area contributed by atoms with Gasteiger partial charge >= 0.3 is 0 Å². The van der Waals surface area contributed by atoms with Gasteiger partial charge in [0.2, 0.25) is 0 Å². The first-order chi connectivity index (χ1) is 18.6. The Hall–Kier alpha value is -2.37. The number of fused-ring (bicyclic) bond motifs is 1. The van der Waals surface area contributed by atoms with Crippen molar-refractivity contribution in [1.29, 1.82) is 0 Å². The third kappa shape index (κ3) is 7.43. The molecule has 1 unspecified atom stereocenters. The Labute approximate surface area is 237 Å². The Balaban J connectivity index is 1.38. The van der Waals surface area contributed by atoms with Crippen molar-refractivity contribution in [3.05, 3.63) is 65.4 Å². The molecular formula is C34H51N3O2. The van der Waals surface area contributed by atoms with E-state index in [4.69, 9.17) is 4.74 Å². The summed E-state index contributed by atoms with van der Waals surface area (Å²) in [4.78, 5) is 15.1. The number of allylic oxidation sites excluding steroid dienone is 5. The van der Waals surface area contributed by atoms with Gasteiger partial charge < -0.3 is 20.3 Å². The van der Waals surface area contributed by atoms with Crippen LogP contribution in [-0.4, -0.2) is 55.7 Å². The summed E-state index contributed by atoms with van der Waals surface area (Å²) < 4.78 is 5.62. The van der Waals surface area contributed by atoms with Crippen LogP contribution < -0.4 is 10.6 Å². The number of morpholine rings is 1. The van der Waals surface area contributed by atoms with E-state index in [1.54, 1.807) is 0 Å². The number of hydrogen-bond donors (Lipinski definition) is 2. The third-order valence-electron chi connectivity index (χ3n) is 9.06. The number of piperidine rings is 1. The summed E-state index contributed by atoms with van der Waals surface area (Å²) in [6.07, 6.45) is 14.1. The molecule has 2 aliphatic heterocycles. The standard InChI is InChI=1S/C34H51N3O2/c1-7-8-11-28(37-20-15-27(16-21-37)36-32(38)31-24-35-19-22-39-31)12-9-10-25(2)26-13-14-29-30(23-26)34(5,6)18-17-33(29,3)4/h9-10,12-14,23,27,31,35H,2,7-8,11,15-22,24H2,1,3-6H3,(H,36,38). The van der Waals surface area contributed by atoms with Crippen LogP contribution in [0.15, 0.2) is 48.7 Å². The van der Waals surface area contributed by atoms with Gasteiger partial charge in [-0.25, -0.2) is 0 Å². The van der Waals surface area contributed by atoms with Crippen molar-refractivity contribution >= 4 is 11.5 Å². The van der Waals surface area contributed by atoms with Gasteiger partial charge in [-0.15, -0.1) is 0 Å². The van der Waals surface area contributed by atoms with E-state index in [2.05, 4.69) is 93.2 Å². The number of amides is 1. The van der Waals surface area contributed by atoms with E-state index in [1.165, 1.54) is 48.1 Å². The molecule has 2 fully saturated rings. The second-order valence-corrected chi connectivity index (χ2v) is 13.0. The zero-order chi connectivity index (χ0) is 28.0. The van der Waals surface area contributed by atoms with Crippen LogP contribution in [0.3, 0.4) is 0 Å². The van der Waals surface area contributed by atoms with E-state index in [9.17, 15) is 4.79 Å². The zero-order valence-corrected chi connectivity index (χ0v) is 25.1. The molecule has 1 atom stereocenters. The number of carbonyl (C=O) groups is 1. The number of rotatable bonds is 9. The zero-order valence-electron chi connectivity index (χ0n) is 25.1. The summed E-state index contributed by atoms with van der Waals surface area (Å²) in [5, 5.41) is 6.46. The van der Waals surface area contributed by atoms with Crippen LogP contribution in [0.1, 0.15) is 96.3 Å². The van der Waals surface area contributed by atoms with Crippen LogP contribution >= 0.6 is 0 Å². The molecule has 5 nitrogen and oxygen atoms in total. The van der Waals surface area contributed by atoms with Crippen molar-refractivity contribution < 1.29 is 9.53 Å². The lowest BCUT2D eigenvalue weighted by Gasteiger charge is -2.42. The quantitative estimate of drug-likeness (QED) is 0.369. The van der Waals surface area contributed by atoms with Crippen LogP contribution in [-0.2, 0) is 20.4 Å². The molecule has 0 saturated carbocycles. The smallest absolute Gasteiger partial charge is 0.250 e. The maximum absolute atomic E-state index is 12.6. The Bertz CT molecular complexity index is 1070. The summed E-state index contributed by atoms with van der Waals surface area (Å²) in [5.41, 5.74) is 7.06. The molecule has 1 aliphatic carbocycles. The number of unbranched alkanes of at least 4 members (excludes halogenated alkanes) is 1. The molecule has 0 bridgehead atoms. The van der Waals surface area contributed by atoms with E-state index in [-0.39, 0.29) is 28.9 Å². The monoisotopic (exact) mass is 533 g/mol. The molecule has 214 valence electrons. The average Bonchev–Trinajstić information content (AvgIpc) is 2.94. The predicted molar refractivity (Wildman–Crippen MR) is 163 cm³/mol. The highest BCUT2D eigenvalue weighted by Crippen LogP contribution is 2.46. The van der Waals surface area contributed by atoms with Crippen LogP contribution in [0.5, 0.6) is 0 Å². The highest BCUT2D eigenvalue weighted by Gasteiger charge is 2.37. The maximum Gasteiger partial charge on any atom is 0.250 e. The van der Waals surface area contributed by atoms with Crippen LogP contribution in [0.4, 0.5) is 0 Å². The molecule has 0 spiro atoms. The summed E-state index contributed by atoms with van der Waals surface area (Å²) in [7, 11) is 0. The lowest BCUT2D eigenvalue weighted by Crippen LogP contribution is -2.52. The topological polar surface area (TPSA) is 53.6 Å². The van der Waals surface area contributed by atoms with Crippen molar-refractivity contribution in [3.8, 4) is 0 Å². The second-order valence-electron chi connectivity index (χ2n) is 13.0. The van der Waals surface area contributed by atoms with E-state index < -0.39 is 0 Å². The van der Waals surface area contributed by atoms with Gasteiger partial charge in [-0.05, 0) is 77.7 Å². The van der Waals surface area contributed by atoms with Crippen molar-refractivity contribution in [2.45, 2.75) is 103 Å². The molecule has 2 heterocycles. The van der Waals surface area contributed by atoms with Crippen LogP contribution in [0, 0.1) is 0 Å². The van der Waals surface area contributed by atoms with Gasteiger partial charge in [-0.2, -0.15) is 0 Å². The summed E-state index contributed by atoms with van der Waals surface area (Å²) >= 11 is 0. The van der Waals surface area contributed by atoms with Gasteiger partial charge in [0, 0.05) is 37.9 Å². The van der Waals surface area contributed by atoms with Gasteiger partial charge in [0.05, 0.1) is 6.61 Å². The molecule has 0 radical (unpaired) electrons. The fourth-order valence-electron chi connectivity index (χ4n) is 6.20. The van der Waals surface area contributed by atoms with Gasteiger partial charge in [0.25, 0.3) is 5.91 Å². The fraction of sp³-hybridized carbons (Fsp3) is 0.618. The first-order valence-corrected chi connectivity index (χ1v) is 15.2. The minimum absolute atomic E-state index is 0.0259. The number of benzene rings is 1. The molecule has 2 saturated heterocycles. The Morgan fingerprint density at radius 3 is 2.54 bits per heavy atom.